The van der Waals surface area contributed by atoms with Gasteiger partial charge in [-0.1, -0.05) is 6.42 Å². The first kappa shape index (κ1) is 10.1. The predicted molar refractivity (Wildman–Crippen MR) is 60.6 cm³/mol. The molecule has 0 spiro atoms. The molecular formula is C13H23NO. The van der Waals surface area contributed by atoms with Gasteiger partial charge < -0.3 is 5.11 Å². The fraction of sp³-hybridized carbons (Fsp3) is 1.00. The van der Waals surface area contributed by atoms with E-state index in [0.717, 1.165) is 17.8 Å². The largest absolute Gasteiger partial charge is 0.395 e. The molecule has 3 aliphatic rings. The van der Waals surface area contributed by atoms with E-state index >= 15 is 0 Å². The van der Waals surface area contributed by atoms with Gasteiger partial charge in [0.1, 0.15) is 0 Å². The molecule has 0 amide bonds. The number of rotatable bonds is 3. The summed E-state index contributed by atoms with van der Waals surface area (Å²) in [6.07, 6.45) is 8.52. The Labute approximate surface area is 92.7 Å². The molecule has 2 aliphatic carbocycles. The van der Waals surface area contributed by atoms with Crippen LogP contribution in [-0.4, -0.2) is 35.7 Å². The third-order valence-corrected chi connectivity index (χ3v) is 5.06. The van der Waals surface area contributed by atoms with Crippen molar-refractivity contribution in [3.05, 3.63) is 0 Å². The van der Waals surface area contributed by atoms with E-state index in [0.29, 0.717) is 12.6 Å². The molecule has 2 nitrogen and oxygen atoms in total. The SMILES string of the molecule is OC[C@H]1CCCN1CC1CC2CCC1C2. The first-order valence-corrected chi connectivity index (χ1v) is 6.71. The lowest BCUT2D eigenvalue weighted by atomic mass is 9.88. The van der Waals surface area contributed by atoms with Gasteiger partial charge >= 0.3 is 0 Å². The van der Waals surface area contributed by atoms with Gasteiger partial charge in [0.2, 0.25) is 0 Å². The van der Waals surface area contributed by atoms with Crippen molar-refractivity contribution in [2.24, 2.45) is 17.8 Å². The molecule has 1 heterocycles. The molecule has 3 fully saturated rings. The summed E-state index contributed by atoms with van der Waals surface area (Å²) in [6.45, 7) is 2.90. The quantitative estimate of drug-likeness (QED) is 0.767. The van der Waals surface area contributed by atoms with Crippen molar-refractivity contribution in [1.29, 1.82) is 0 Å². The fourth-order valence-electron chi connectivity index (χ4n) is 4.24. The highest BCUT2D eigenvalue weighted by atomic mass is 16.3. The van der Waals surface area contributed by atoms with Crippen molar-refractivity contribution >= 4 is 0 Å². The van der Waals surface area contributed by atoms with Crippen molar-refractivity contribution < 1.29 is 5.11 Å². The molecule has 3 unspecified atom stereocenters. The number of fused-ring (bicyclic) bond motifs is 2. The second kappa shape index (κ2) is 4.06. The van der Waals surface area contributed by atoms with Gasteiger partial charge in [-0.05, 0) is 56.4 Å². The van der Waals surface area contributed by atoms with Gasteiger partial charge in [0.25, 0.3) is 0 Å². The van der Waals surface area contributed by atoms with Crippen molar-refractivity contribution in [2.75, 3.05) is 19.7 Å². The van der Waals surface area contributed by atoms with E-state index in [-0.39, 0.29) is 0 Å². The summed E-state index contributed by atoms with van der Waals surface area (Å²) in [4.78, 5) is 2.56. The van der Waals surface area contributed by atoms with Crippen LogP contribution < -0.4 is 0 Å². The fourth-order valence-corrected chi connectivity index (χ4v) is 4.24. The molecule has 2 bridgehead atoms. The summed E-state index contributed by atoms with van der Waals surface area (Å²) in [5.41, 5.74) is 0. The summed E-state index contributed by atoms with van der Waals surface area (Å²) < 4.78 is 0. The van der Waals surface area contributed by atoms with E-state index < -0.39 is 0 Å². The zero-order valence-electron chi connectivity index (χ0n) is 9.57. The number of nitrogens with zero attached hydrogens (tertiary/aromatic N) is 1. The Bertz CT molecular complexity index is 227. The lowest BCUT2D eigenvalue weighted by Crippen LogP contribution is -2.37. The minimum Gasteiger partial charge on any atom is -0.395 e. The predicted octanol–water partition coefficient (Wildman–Crippen LogP) is 1.88. The molecule has 2 heteroatoms. The Morgan fingerprint density at radius 2 is 2.07 bits per heavy atom. The van der Waals surface area contributed by atoms with Gasteiger partial charge in [-0.3, -0.25) is 4.90 Å². The second-order valence-electron chi connectivity index (χ2n) is 5.91. The van der Waals surface area contributed by atoms with Crippen molar-refractivity contribution in [2.45, 2.75) is 44.6 Å². The lowest BCUT2D eigenvalue weighted by molar-refractivity contribution is 0.127. The Balaban J connectivity index is 1.56. The average molecular weight is 209 g/mol. The Hall–Kier alpha value is -0.0800. The molecule has 1 saturated heterocycles. The zero-order chi connectivity index (χ0) is 10.3. The van der Waals surface area contributed by atoms with E-state index in [1.54, 1.807) is 0 Å². The highest BCUT2D eigenvalue weighted by molar-refractivity contribution is 4.92. The number of aliphatic hydroxyl groups is 1. The van der Waals surface area contributed by atoms with Crippen molar-refractivity contribution in [3.8, 4) is 0 Å². The molecule has 3 rings (SSSR count). The highest BCUT2D eigenvalue weighted by Gasteiger charge is 2.41. The molecule has 1 N–H and O–H groups in total. The summed E-state index contributed by atoms with van der Waals surface area (Å²) >= 11 is 0. The molecule has 86 valence electrons. The third kappa shape index (κ3) is 1.83. The maximum Gasteiger partial charge on any atom is 0.0586 e. The van der Waals surface area contributed by atoms with Gasteiger partial charge in [-0.2, -0.15) is 0 Å². The molecule has 0 aromatic rings. The first-order valence-electron chi connectivity index (χ1n) is 6.71. The van der Waals surface area contributed by atoms with E-state index in [1.165, 1.54) is 51.6 Å². The van der Waals surface area contributed by atoms with Crippen LogP contribution in [0.4, 0.5) is 0 Å². The Kier molecular flexibility index (Phi) is 2.73. The van der Waals surface area contributed by atoms with E-state index in [1.807, 2.05) is 0 Å². The molecule has 15 heavy (non-hydrogen) atoms. The van der Waals surface area contributed by atoms with Crippen molar-refractivity contribution in [3.63, 3.8) is 0 Å². The number of aliphatic hydroxyl groups excluding tert-OH is 1. The van der Waals surface area contributed by atoms with Crippen LogP contribution in [0.5, 0.6) is 0 Å². The van der Waals surface area contributed by atoms with Crippen LogP contribution in [0.3, 0.4) is 0 Å². The normalized spacial score (nSPS) is 45.4. The second-order valence-corrected chi connectivity index (χ2v) is 5.91. The zero-order valence-corrected chi connectivity index (χ0v) is 9.57. The van der Waals surface area contributed by atoms with E-state index in [4.69, 9.17) is 0 Å². The monoisotopic (exact) mass is 209 g/mol. The Morgan fingerprint density at radius 3 is 2.73 bits per heavy atom. The Morgan fingerprint density at radius 1 is 1.13 bits per heavy atom. The highest BCUT2D eigenvalue weighted by Crippen LogP contribution is 2.48. The summed E-state index contributed by atoms with van der Waals surface area (Å²) in [5, 5.41) is 9.30. The maximum absolute atomic E-state index is 9.30. The smallest absolute Gasteiger partial charge is 0.0586 e. The molecule has 0 aromatic heterocycles. The minimum absolute atomic E-state index is 0.376. The summed E-state index contributed by atoms with van der Waals surface area (Å²) in [5.74, 6) is 3.07. The van der Waals surface area contributed by atoms with Crippen LogP contribution in [-0.2, 0) is 0 Å². The number of hydrogen-bond donors (Lipinski definition) is 1. The molecule has 1 aliphatic heterocycles. The van der Waals surface area contributed by atoms with Crippen molar-refractivity contribution in [1.82, 2.24) is 4.90 Å². The summed E-state index contributed by atoms with van der Waals surface area (Å²) in [6, 6.07) is 0.490. The maximum atomic E-state index is 9.30. The number of hydrogen-bond acceptors (Lipinski definition) is 2. The van der Waals surface area contributed by atoms with Crippen LogP contribution in [0.25, 0.3) is 0 Å². The molecule has 4 atom stereocenters. The standard InChI is InChI=1S/C13H23NO/c15-9-13-2-1-5-14(13)8-12-7-10-3-4-11(12)6-10/h10-13,15H,1-9H2/t10?,11?,12?,13-/m1/s1. The van der Waals surface area contributed by atoms with Gasteiger partial charge in [0, 0.05) is 12.6 Å². The third-order valence-electron chi connectivity index (χ3n) is 5.06. The molecule has 0 aromatic carbocycles. The molecule has 2 saturated carbocycles. The van der Waals surface area contributed by atoms with Crippen LogP contribution >= 0.6 is 0 Å². The molecule has 0 radical (unpaired) electrons. The van der Waals surface area contributed by atoms with Crippen LogP contribution in [0, 0.1) is 17.8 Å². The van der Waals surface area contributed by atoms with Crippen LogP contribution in [0.15, 0.2) is 0 Å². The average Bonchev–Trinajstić information content (AvgIpc) is 2.92. The van der Waals surface area contributed by atoms with Crippen LogP contribution in [0.2, 0.25) is 0 Å². The van der Waals surface area contributed by atoms with E-state index in [2.05, 4.69) is 4.90 Å². The van der Waals surface area contributed by atoms with Gasteiger partial charge in [-0.25, -0.2) is 0 Å². The molecular weight excluding hydrogens is 186 g/mol. The van der Waals surface area contributed by atoms with Gasteiger partial charge in [0.05, 0.1) is 6.61 Å². The number of likely N-dealkylation sites (tertiary alicyclic amines) is 1. The topological polar surface area (TPSA) is 23.5 Å². The summed E-state index contributed by atoms with van der Waals surface area (Å²) in [7, 11) is 0. The van der Waals surface area contributed by atoms with E-state index in [9.17, 15) is 5.11 Å². The lowest BCUT2D eigenvalue weighted by Gasteiger charge is -2.30. The first-order chi connectivity index (χ1) is 7.36. The van der Waals surface area contributed by atoms with Crippen LogP contribution in [0.1, 0.15) is 38.5 Å². The van der Waals surface area contributed by atoms with Gasteiger partial charge in [0.15, 0.2) is 0 Å². The van der Waals surface area contributed by atoms with Gasteiger partial charge in [-0.15, -0.1) is 0 Å². The minimum atomic E-state index is 0.376.